The number of carbonyl (C=O) groups is 1. The molecule has 1 aromatic carbocycles. The van der Waals surface area contributed by atoms with E-state index in [2.05, 4.69) is 18.6 Å². The highest BCUT2D eigenvalue weighted by molar-refractivity contribution is 6.31. The van der Waals surface area contributed by atoms with Crippen molar-refractivity contribution in [1.29, 1.82) is 0 Å². The molecule has 3 nitrogen and oxygen atoms in total. The van der Waals surface area contributed by atoms with E-state index in [4.69, 9.17) is 16.3 Å². The van der Waals surface area contributed by atoms with Crippen LogP contribution in [-0.2, 0) is 9.53 Å². The summed E-state index contributed by atoms with van der Waals surface area (Å²) in [5.41, 5.74) is 2.02. The van der Waals surface area contributed by atoms with Gasteiger partial charge < -0.3 is 9.47 Å². The number of aryl methyl sites for hydroxylation is 1. The molecule has 0 unspecified atom stereocenters. The fourth-order valence-electron chi connectivity index (χ4n) is 1.59. The normalized spacial score (nSPS) is 10.6. The molecule has 1 aromatic rings. The van der Waals surface area contributed by atoms with Crippen LogP contribution in [0.2, 0.25) is 5.02 Å². The van der Waals surface area contributed by atoms with Gasteiger partial charge in [0.15, 0.2) is 0 Å². The summed E-state index contributed by atoms with van der Waals surface area (Å²) in [7, 11) is 1.37. The number of rotatable bonds is 5. The first-order valence-electron chi connectivity index (χ1n) is 5.95. The van der Waals surface area contributed by atoms with Gasteiger partial charge in [-0.25, -0.2) is 0 Å². The Balaban J connectivity index is 2.80. The van der Waals surface area contributed by atoms with Gasteiger partial charge in [-0.05, 0) is 36.1 Å². The quantitative estimate of drug-likeness (QED) is 0.765. The Morgan fingerprint density at radius 2 is 2.06 bits per heavy atom. The van der Waals surface area contributed by atoms with Gasteiger partial charge in [-0.3, -0.25) is 4.79 Å². The van der Waals surface area contributed by atoms with Gasteiger partial charge in [0.1, 0.15) is 5.75 Å². The third kappa shape index (κ3) is 3.91. The van der Waals surface area contributed by atoms with Crippen LogP contribution in [0.4, 0.5) is 0 Å². The summed E-state index contributed by atoms with van der Waals surface area (Å²) in [6.07, 6.45) is 0.246. The van der Waals surface area contributed by atoms with Crippen LogP contribution in [0.3, 0.4) is 0 Å². The number of ether oxygens (including phenoxy) is 2. The highest BCUT2D eigenvalue weighted by Gasteiger charge is 2.11. The highest BCUT2D eigenvalue weighted by Crippen LogP contribution is 2.32. The number of hydrogen-bond donors (Lipinski definition) is 0. The lowest BCUT2D eigenvalue weighted by molar-refractivity contribution is -0.141. The van der Waals surface area contributed by atoms with E-state index in [-0.39, 0.29) is 12.4 Å². The molecule has 1 rings (SSSR count). The van der Waals surface area contributed by atoms with E-state index < -0.39 is 0 Å². The van der Waals surface area contributed by atoms with Crippen LogP contribution in [0, 0.1) is 6.92 Å². The number of hydrogen-bond acceptors (Lipinski definition) is 3. The Labute approximate surface area is 113 Å². The summed E-state index contributed by atoms with van der Waals surface area (Å²) in [6, 6.07) is 3.84. The SMILES string of the molecule is COC(=O)CCOc1cc(C)c(Cl)cc1C(C)C. The van der Waals surface area contributed by atoms with Gasteiger partial charge >= 0.3 is 5.97 Å². The molecule has 0 saturated carbocycles. The smallest absolute Gasteiger partial charge is 0.308 e. The van der Waals surface area contributed by atoms with Crippen molar-refractivity contribution >= 4 is 17.6 Å². The maximum Gasteiger partial charge on any atom is 0.308 e. The Morgan fingerprint density at radius 3 is 2.61 bits per heavy atom. The summed E-state index contributed by atoms with van der Waals surface area (Å²) in [6.45, 7) is 6.40. The molecule has 0 saturated heterocycles. The highest BCUT2D eigenvalue weighted by atomic mass is 35.5. The first-order valence-corrected chi connectivity index (χ1v) is 6.33. The lowest BCUT2D eigenvalue weighted by atomic mass is 10.0. The van der Waals surface area contributed by atoms with E-state index in [1.165, 1.54) is 7.11 Å². The molecular weight excluding hydrogens is 252 g/mol. The minimum absolute atomic E-state index is 0.246. The maximum atomic E-state index is 11.0. The van der Waals surface area contributed by atoms with Gasteiger partial charge in [0.2, 0.25) is 0 Å². The first kappa shape index (κ1) is 14.8. The van der Waals surface area contributed by atoms with Crippen LogP contribution < -0.4 is 4.74 Å². The summed E-state index contributed by atoms with van der Waals surface area (Å²) >= 11 is 6.11. The molecule has 0 fully saturated rings. The minimum Gasteiger partial charge on any atom is -0.493 e. The van der Waals surface area contributed by atoms with Gasteiger partial charge in [-0.15, -0.1) is 0 Å². The average molecular weight is 271 g/mol. The number of methoxy groups -OCH3 is 1. The fourth-order valence-corrected chi connectivity index (χ4v) is 1.77. The van der Waals surface area contributed by atoms with Crippen LogP contribution in [-0.4, -0.2) is 19.7 Å². The Bertz CT molecular complexity index is 427. The molecule has 0 amide bonds. The number of carbonyl (C=O) groups excluding carboxylic acids is 1. The Hall–Kier alpha value is -1.22. The molecule has 100 valence electrons. The van der Waals surface area contributed by atoms with Crippen molar-refractivity contribution in [3.05, 3.63) is 28.3 Å². The fraction of sp³-hybridized carbons (Fsp3) is 0.500. The van der Waals surface area contributed by atoms with Crippen LogP contribution in [0.5, 0.6) is 5.75 Å². The van der Waals surface area contributed by atoms with Gasteiger partial charge in [0.25, 0.3) is 0 Å². The second-order valence-electron chi connectivity index (χ2n) is 4.47. The van der Waals surface area contributed by atoms with Crippen LogP contribution >= 0.6 is 11.6 Å². The zero-order chi connectivity index (χ0) is 13.7. The molecule has 0 heterocycles. The molecular formula is C14H19ClO3. The van der Waals surface area contributed by atoms with E-state index in [1.807, 2.05) is 19.1 Å². The van der Waals surface area contributed by atoms with Crippen molar-refractivity contribution in [2.75, 3.05) is 13.7 Å². The number of halogens is 1. The van der Waals surface area contributed by atoms with Crippen molar-refractivity contribution in [1.82, 2.24) is 0 Å². The van der Waals surface area contributed by atoms with Gasteiger partial charge in [0.05, 0.1) is 20.1 Å². The van der Waals surface area contributed by atoms with E-state index in [0.717, 1.165) is 21.9 Å². The third-order valence-electron chi connectivity index (χ3n) is 2.70. The summed E-state index contributed by atoms with van der Waals surface area (Å²) in [5.74, 6) is 0.832. The molecule has 0 aromatic heterocycles. The van der Waals surface area contributed by atoms with Crippen molar-refractivity contribution in [2.24, 2.45) is 0 Å². The van der Waals surface area contributed by atoms with E-state index in [0.29, 0.717) is 12.5 Å². The second-order valence-corrected chi connectivity index (χ2v) is 4.88. The van der Waals surface area contributed by atoms with Crippen LogP contribution in [0.15, 0.2) is 12.1 Å². The molecule has 0 radical (unpaired) electrons. The summed E-state index contributed by atoms with van der Waals surface area (Å²) in [4.78, 5) is 11.0. The zero-order valence-electron chi connectivity index (χ0n) is 11.2. The standard InChI is InChI=1S/C14H19ClO3/c1-9(2)11-8-12(15)10(3)7-13(11)18-6-5-14(16)17-4/h7-9H,5-6H2,1-4H3. The maximum absolute atomic E-state index is 11.0. The molecule has 0 aliphatic heterocycles. The molecule has 0 N–H and O–H groups in total. The number of esters is 1. The average Bonchev–Trinajstić information content (AvgIpc) is 2.32. The van der Waals surface area contributed by atoms with Crippen molar-refractivity contribution < 1.29 is 14.3 Å². The number of benzene rings is 1. The van der Waals surface area contributed by atoms with Crippen molar-refractivity contribution in [2.45, 2.75) is 33.1 Å². The van der Waals surface area contributed by atoms with Crippen LogP contribution in [0.25, 0.3) is 0 Å². The van der Waals surface area contributed by atoms with Gasteiger partial charge in [0, 0.05) is 5.02 Å². The van der Waals surface area contributed by atoms with Gasteiger partial charge in [-0.1, -0.05) is 25.4 Å². The van der Waals surface area contributed by atoms with Crippen LogP contribution in [0.1, 0.15) is 37.3 Å². The molecule has 0 aliphatic rings. The van der Waals surface area contributed by atoms with Gasteiger partial charge in [-0.2, -0.15) is 0 Å². The second kappa shape index (κ2) is 6.64. The minimum atomic E-state index is -0.271. The summed E-state index contributed by atoms with van der Waals surface area (Å²) in [5, 5.41) is 0.735. The first-order chi connectivity index (χ1) is 8.45. The predicted molar refractivity (Wildman–Crippen MR) is 72.4 cm³/mol. The molecule has 4 heteroatoms. The Morgan fingerprint density at radius 1 is 1.39 bits per heavy atom. The lowest BCUT2D eigenvalue weighted by Crippen LogP contribution is -2.09. The van der Waals surface area contributed by atoms with E-state index in [9.17, 15) is 4.79 Å². The topological polar surface area (TPSA) is 35.5 Å². The predicted octanol–water partition coefficient (Wildman–Crippen LogP) is 3.71. The summed E-state index contributed by atoms with van der Waals surface area (Å²) < 4.78 is 10.2. The molecule has 0 atom stereocenters. The lowest BCUT2D eigenvalue weighted by Gasteiger charge is -2.15. The molecule has 18 heavy (non-hydrogen) atoms. The molecule has 0 spiro atoms. The zero-order valence-corrected chi connectivity index (χ0v) is 12.0. The third-order valence-corrected chi connectivity index (χ3v) is 3.11. The van der Waals surface area contributed by atoms with Crippen molar-refractivity contribution in [3.63, 3.8) is 0 Å². The molecule has 0 bridgehead atoms. The van der Waals surface area contributed by atoms with E-state index in [1.54, 1.807) is 0 Å². The van der Waals surface area contributed by atoms with E-state index >= 15 is 0 Å². The largest absolute Gasteiger partial charge is 0.493 e. The Kier molecular flexibility index (Phi) is 5.48. The molecule has 0 aliphatic carbocycles. The van der Waals surface area contributed by atoms with Crippen molar-refractivity contribution in [3.8, 4) is 5.75 Å². The monoisotopic (exact) mass is 270 g/mol.